The minimum Gasteiger partial charge on any atom is -0.497 e. The molecule has 6 nitrogen and oxygen atoms in total. The maximum atomic E-state index is 13.1. The molecule has 1 saturated heterocycles. The van der Waals surface area contributed by atoms with Gasteiger partial charge < -0.3 is 9.84 Å². The lowest BCUT2D eigenvalue weighted by molar-refractivity contribution is -0.139. The van der Waals surface area contributed by atoms with Crippen LogP contribution in [0.25, 0.3) is 0 Å². The Balaban J connectivity index is 1.91. The minimum absolute atomic E-state index is 0.122. The van der Waals surface area contributed by atoms with Gasteiger partial charge in [-0.1, -0.05) is 23.9 Å². The second-order valence-electron chi connectivity index (χ2n) is 5.85. The highest BCUT2D eigenvalue weighted by Crippen LogP contribution is 2.30. The van der Waals surface area contributed by atoms with E-state index in [0.717, 1.165) is 17.3 Å². The molecule has 2 aromatic carbocycles. The van der Waals surface area contributed by atoms with Gasteiger partial charge in [0.1, 0.15) is 16.8 Å². The molecule has 1 amide bonds. The summed E-state index contributed by atoms with van der Waals surface area (Å²) in [7, 11) is 1.55. The van der Waals surface area contributed by atoms with Crippen LogP contribution in [-0.2, 0) is 16.1 Å². The topological polar surface area (TPSA) is 79.2 Å². The third kappa shape index (κ3) is 4.65. The molecule has 3 rings (SSSR count). The molecule has 1 fully saturated rings. The molecule has 1 heterocycles. The number of carboxylic acid groups (broad SMARTS) is 1. The number of aliphatic carboxylic acids is 1. The first-order chi connectivity index (χ1) is 13.0. The van der Waals surface area contributed by atoms with Crippen molar-refractivity contribution in [3.05, 3.63) is 59.9 Å². The molecular formula is C19H17FN2O4S. The molecule has 0 bridgehead atoms. The van der Waals surface area contributed by atoms with E-state index in [1.54, 1.807) is 43.5 Å². The first-order valence-corrected chi connectivity index (χ1v) is 9.01. The van der Waals surface area contributed by atoms with E-state index in [1.165, 1.54) is 17.0 Å². The summed E-state index contributed by atoms with van der Waals surface area (Å²) in [6.45, 7) is 0.188. The van der Waals surface area contributed by atoms with Crippen molar-refractivity contribution in [1.82, 2.24) is 4.90 Å². The van der Waals surface area contributed by atoms with E-state index in [1.807, 2.05) is 0 Å². The molecule has 2 aromatic rings. The summed E-state index contributed by atoms with van der Waals surface area (Å²) in [4.78, 5) is 29.8. The first kappa shape index (κ1) is 18.9. The normalized spacial score (nSPS) is 18.6. The number of rotatable bonds is 5. The molecular weight excluding hydrogens is 371 g/mol. The number of hydrogen-bond donors (Lipinski definition) is 1. The average Bonchev–Trinajstić information content (AvgIpc) is 2.66. The van der Waals surface area contributed by atoms with Crippen LogP contribution in [0.5, 0.6) is 5.75 Å². The second kappa shape index (κ2) is 8.22. The predicted octanol–water partition coefficient (Wildman–Crippen LogP) is 3.44. The van der Waals surface area contributed by atoms with Crippen molar-refractivity contribution < 1.29 is 23.8 Å². The molecule has 27 heavy (non-hydrogen) atoms. The van der Waals surface area contributed by atoms with Crippen LogP contribution in [-0.4, -0.2) is 39.4 Å². The van der Waals surface area contributed by atoms with Gasteiger partial charge in [0.2, 0.25) is 5.91 Å². The zero-order valence-electron chi connectivity index (χ0n) is 14.5. The molecule has 1 N–H and O–H groups in total. The highest BCUT2D eigenvalue weighted by Gasteiger charge is 2.35. The first-order valence-electron chi connectivity index (χ1n) is 8.13. The summed E-state index contributed by atoms with van der Waals surface area (Å²) in [5, 5.41) is 8.72. The van der Waals surface area contributed by atoms with Gasteiger partial charge in [-0.3, -0.25) is 14.5 Å². The predicted molar refractivity (Wildman–Crippen MR) is 101 cm³/mol. The van der Waals surface area contributed by atoms with Crippen molar-refractivity contribution in [1.29, 1.82) is 0 Å². The number of benzene rings is 2. The number of thioether (sulfide) groups is 1. The van der Waals surface area contributed by atoms with Crippen LogP contribution >= 0.6 is 11.8 Å². The van der Waals surface area contributed by atoms with Gasteiger partial charge in [-0.25, -0.2) is 9.38 Å². The van der Waals surface area contributed by atoms with E-state index in [4.69, 9.17) is 4.74 Å². The molecule has 1 aliphatic rings. The molecule has 140 valence electrons. The molecule has 0 radical (unpaired) electrons. The van der Waals surface area contributed by atoms with E-state index in [-0.39, 0.29) is 24.7 Å². The Labute approximate surface area is 159 Å². The largest absolute Gasteiger partial charge is 0.497 e. The Kier molecular flexibility index (Phi) is 5.75. The molecule has 8 heteroatoms. The molecule has 1 aliphatic heterocycles. The van der Waals surface area contributed by atoms with Crippen molar-refractivity contribution in [3.63, 3.8) is 0 Å². The lowest BCUT2D eigenvalue weighted by Gasteiger charge is -2.30. The standard InChI is InChI=1S/C19H17FN2O4S/c1-26-15-8-6-14(7-9-15)21-19-22(11-12-2-4-13(20)5-3-12)17(23)10-16(27-19)18(24)25/h2-9,16H,10-11H2,1H3,(H,24,25). The van der Waals surface area contributed by atoms with Gasteiger partial charge >= 0.3 is 5.97 Å². The van der Waals surface area contributed by atoms with E-state index >= 15 is 0 Å². The van der Waals surface area contributed by atoms with Crippen molar-refractivity contribution in [2.75, 3.05) is 7.11 Å². The van der Waals surface area contributed by atoms with Crippen molar-refractivity contribution in [3.8, 4) is 5.75 Å². The maximum absolute atomic E-state index is 13.1. The summed E-state index contributed by atoms with van der Waals surface area (Å²) < 4.78 is 18.2. The highest BCUT2D eigenvalue weighted by atomic mass is 32.2. The quantitative estimate of drug-likeness (QED) is 0.849. The highest BCUT2D eigenvalue weighted by molar-refractivity contribution is 8.15. The summed E-state index contributed by atoms with van der Waals surface area (Å²) in [5.74, 6) is -1.09. The van der Waals surface area contributed by atoms with E-state index in [0.29, 0.717) is 16.6 Å². The number of nitrogens with zero attached hydrogens (tertiary/aromatic N) is 2. The second-order valence-corrected chi connectivity index (χ2v) is 7.02. The van der Waals surface area contributed by atoms with Gasteiger partial charge in [-0.2, -0.15) is 0 Å². The Bertz CT molecular complexity index is 868. The zero-order valence-corrected chi connectivity index (χ0v) is 15.3. The average molecular weight is 388 g/mol. The van der Waals surface area contributed by atoms with Gasteiger partial charge in [-0.15, -0.1) is 0 Å². The SMILES string of the molecule is COc1ccc(N=C2SC(C(=O)O)CC(=O)N2Cc2ccc(F)cc2)cc1. The van der Waals surface area contributed by atoms with Gasteiger partial charge in [0.05, 0.1) is 25.8 Å². The summed E-state index contributed by atoms with van der Waals surface area (Å²) in [5.41, 5.74) is 1.29. The number of ether oxygens (including phenoxy) is 1. The number of methoxy groups -OCH3 is 1. The van der Waals surface area contributed by atoms with E-state index < -0.39 is 11.2 Å². The van der Waals surface area contributed by atoms with Crippen LogP contribution < -0.4 is 4.74 Å². The van der Waals surface area contributed by atoms with Gasteiger partial charge in [0, 0.05) is 0 Å². The molecule has 1 atom stereocenters. The molecule has 0 spiro atoms. The van der Waals surface area contributed by atoms with E-state index in [9.17, 15) is 19.1 Å². The van der Waals surface area contributed by atoms with Crippen LogP contribution in [0.1, 0.15) is 12.0 Å². The fourth-order valence-electron chi connectivity index (χ4n) is 2.53. The Morgan fingerprint density at radius 2 is 1.93 bits per heavy atom. The molecule has 1 unspecified atom stereocenters. The smallest absolute Gasteiger partial charge is 0.317 e. The Morgan fingerprint density at radius 3 is 2.52 bits per heavy atom. The third-order valence-corrected chi connectivity index (χ3v) is 5.14. The van der Waals surface area contributed by atoms with Crippen molar-refractivity contribution in [2.24, 2.45) is 4.99 Å². The summed E-state index contributed by atoms with van der Waals surface area (Å²) in [6, 6.07) is 12.7. The molecule has 0 saturated carbocycles. The van der Waals surface area contributed by atoms with Crippen LogP contribution in [0.4, 0.5) is 10.1 Å². The number of carboxylic acids is 1. The summed E-state index contributed by atoms with van der Waals surface area (Å²) in [6.07, 6.45) is -0.122. The minimum atomic E-state index is -1.06. The van der Waals surface area contributed by atoms with Gasteiger partial charge in [0.15, 0.2) is 5.17 Å². The number of aliphatic imine (C=N–C) groups is 1. The number of hydrogen-bond acceptors (Lipinski definition) is 5. The number of amidine groups is 1. The Morgan fingerprint density at radius 1 is 1.26 bits per heavy atom. The van der Waals surface area contributed by atoms with Crippen LogP contribution in [0, 0.1) is 5.82 Å². The van der Waals surface area contributed by atoms with E-state index in [2.05, 4.69) is 4.99 Å². The fourth-order valence-corrected chi connectivity index (χ4v) is 3.56. The lowest BCUT2D eigenvalue weighted by Crippen LogP contribution is -2.43. The maximum Gasteiger partial charge on any atom is 0.317 e. The number of carbonyl (C=O) groups is 2. The van der Waals surface area contributed by atoms with Gasteiger partial charge in [0.25, 0.3) is 0 Å². The zero-order chi connectivity index (χ0) is 19.4. The molecule has 0 aromatic heterocycles. The van der Waals surface area contributed by atoms with Crippen LogP contribution in [0.3, 0.4) is 0 Å². The number of amides is 1. The number of carbonyl (C=O) groups excluding carboxylic acids is 1. The monoisotopic (exact) mass is 388 g/mol. The van der Waals surface area contributed by atoms with Crippen LogP contribution in [0.2, 0.25) is 0 Å². The van der Waals surface area contributed by atoms with Crippen LogP contribution in [0.15, 0.2) is 53.5 Å². The van der Waals surface area contributed by atoms with Crippen molar-refractivity contribution in [2.45, 2.75) is 18.2 Å². The van der Waals surface area contributed by atoms with Crippen molar-refractivity contribution >= 4 is 34.5 Å². The third-order valence-electron chi connectivity index (χ3n) is 3.97. The number of halogens is 1. The van der Waals surface area contributed by atoms with Gasteiger partial charge in [-0.05, 0) is 42.0 Å². The molecule has 0 aliphatic carbocycles. The Hall–Kier alpha value is -2.87. The fraction of sp³-hybridized carbons (Fsp3) is 0.211. The lowest BCUT2D eigenvalue weighted by atomic mass is 10.2. The summed E-state index contributed by atoms with van der Waals surface area (Å²) >= 11 is 1.03.